The highest BCUT2D eigenvalue weighted by Gasteiger charge is 2.33. The van der Waals surface area contributed by atoms with Gasteiger partial charge in [-0.25, -0.2) is 4.39 Å². The molecule has 1 atom stereocenters. The second kappa shape index (κ2) is 7.85. The molecule has 1 N–H and O–H groups in total. The predicted molar refractivity (Wildman–Crippen MR) is 122 cm³/mol. The van der Waals surface area contributed by atoms with Gasteiger partial charge >= 0.3 is 0 Å². The summed E-state index contributed by atoms with van der Waals surface area (Å²) in [6, 6.07) is 11.1. The van der Waals surface area contributed by atoms with Gasteiger partial charge in [-0.2, -0.15) is 5.10 Å². The van der Waals surface area contributed by atoms with Gasteiger partial charge in [0.1, 0.15) is 11.6 Å². The van der Waals surface area contributed by atoms with Gasteiger partial charge in [-0.1, -0.05) is 0 Å². The van der Waals surface area contributed by atoms with Gasteiger partial charge in [0.25, 0.3) is 0 Å². The highest BCUT2D eigenvalue weighted by molar-refractivity contribution is 5.99. The molecule has 0 radical (unpaired) electrons. The van der Waals surface area contributed by atoms with E-state index in [0.29, 0.717) is 24.5 Å². The van der Waals surface area contributed by atoms with Gasteiger partial charge in [0, 0.05) is 54.1 Å². The van der Waals surface area contributed by atoms with E-state index in [1.54, 1.807) is 0 Å². The lowest BCUT2D eigenvalue weighted by molar-refractivity contribution is -0.120. The quantitative estimate of drug-likeness (QED) is 0.448. The number of ether oxygens (including phenoxy) is 1. The van der Waals surface area contributed by atoms with Crippen LogP contribution >= 0.6 is 0 Å². The largest absolute Gasteiger partial charge is 0.381 e. The van der Waals surface area contributed by atoms with Crippen LogP contribution in [0.1, 0.15) is 61.6 Å². The summed E-state index contributed by atoms with van der Waals surface area (Å²) < 4.78 is 21.8. The molecule has 2 aromatic heterocycles. The van der Waals surface area contributed by atoms with Gasteiger partial charge in [-0.3, -0.25) is 9.89 Å². The molecule has 5 nitrogen and oxygen atoms in total. The zero-order valence-corrected chi connectivity index (χ0v) is 17.9. The van der Waals surface area contributed by atoms with Crippen molar-refractivity contribution in [3.8, 4) is 5.69 Å². The third-order valence-electron chi connectivity index (χ3n) is 7.19. The number of fused-ring (bicyclic) bond motifs is 2. The average Bonchev–Trinajstić information content (AvgIpc) is 3.40. The monoisotopic (exact) mass is 431 g/mol. The number of aromatic amines is 1. The van der Waals surface area contributed by atoms with E-state index in [2.05, 4.69) is 26.9 Å². The summed E-state index contributed by atoms with van der Waals surface area (Å²) in [5.74, 6) is 0.654. The van der Waals surface area contributed by atoms with E-state index in [-0.39, 0.29) is 11.7 Å². The molecular weight excluding hydrogens is 405 g/mol. The summed E-state index contributed by atoms with van der Waals surface area (Å²) in [6.45, 7) is 1.48. The SMILES string of the molecule is O=C1CCCC(c2c(C3CCOCC3)n(-c3ccc(F)cc3)c3cc4cn[nH]c4cc23)C1. The van der Waals surface area contributed by atoms with Crippen molar-refractivity contribution in [3.63, 3.8) is 0 Å². The third kappa shape index (κ3) is 3.25. The first-order valence-corrected chi connectivity index (χ1v) is 11.6. The molecule has 0 amide bonds. The smallest absolute Gasteiger partial charge is 0.133 e. The van der Waals surface area contributed by atoms with Crippen LogP contribution in [-0.2, 0) is 9.53 Å². The predicted octanol–water partition coefficient (Wildman–Crippen LogP) is 5.77. The molecule has 164 valence electrons. The van der Waals surface area contributed by atoms with Crippen molar-refractivity contribution >= 4 is 27.6 Å². The normalized spacial score (nSPS) is 20.4. The lowest BCUT2D eigenvalue weighted by atomic mass is 9.79. The molecule has 1 saturated carbocycles. The maximum absolute atomic E-state index is 13.8. The Kier molecular flexibility index (Phi) is 4.83. The Balaban J connectivity index is 1.68. The number of halogens is 1. The molecule has 0 bridgehead atoms. The summed E-state index contributed by atoms with van der Waals surface area (Å²) in [5.41, 5.74) is 5.61. The van der Waals surface area contributed by atoms with Crippen molar-refractivity contribution in [2.75, 3.05) is 13.2 Å². The second-order valence-electron chi connectivity index (χ2n) is 9.16. The molecule has 3 heterocycles. The van der Waals surface area contributed by atoms with Crippen molar-refractivity contribution in [2.24, 2.45) is 0 Å². The van der Waals surface area contributed by atoms with Gasteiger partial charge in [-0.05, 0) is 73.6 Å². The van der Waals surface area contributed by atoms with Crippen molar-refractivity contribution in [2.45, 2.75) is 50.4 Å². The molecule has 1 aliphatic carbocycles. The van der Waals surface area contributed by atoms with E-state index < -0.39 is 0 Å². The minimum atomic E-state index is -0.242. The van der Waals surface area contributed by atoms with Crippen LogP contribution in [0.15, 0.2) is 42.6 Å². The molecule has 2 aromatic carbocycles. The molecule has 2 fully saturated rings. The van der Waals surface area contributed by atoms with Gasteiger partial charge in [-0.15, -0.1) is 0 Å². The zero-order chi connectivity index (χ0) is 21.7. The minimum absolute atomic E-state index is 0.207. The van der Waals surface area contributed by atoms with Crippen molar-refractivity contribution in [3.05, 3.63) is 59.7 Å². The van der Waals surface area contributed by atoms with E-state index in [0.717, 1.165) is 61.0 Å². The Hall–Kier alpha value is -2.99. The number of carbonyl (C=O) groups is 1. The molecule has 1 saturated heterocycles. The Labute approximate surface area is 185 Å². The van der Waals surface area contributed by atoms with Crippen molar-refractivity contribution in [1.29, 1.82) is 0 Å². The maximum atomic E-state index is 13.8. The number of carbonyl (C=O) groups excluding carboxylic acids is 1. The first-order valence-electron chi connectivity index (χ1n) is 11.6. The first-order chi connectivity index (χ1) is 15.7. The summed E-state index contributed by atoms with van der Waals surface area (Å²) in [4.78, 5) is 12.5. The van der Waals surface area contributed by atoms with Gasteiger partial charge in [0.15, 0.2) is 0 Å². The van der Waals surface area contributed by atoms with Gasteiger partial charge in [0.05, 0.1) is 17.2 Å². The van der Waals surface area contributed by atoms with Crippen LogP contribution in [0.2, 0.25) is 0 Å². The van der Waals surface area contributed by atoms with Crippen LogP contribution in [0, 0.1) is 5.82 Å². The van der Waals surface area contributed by atoms with Crippen LogP contribution in [0.25, 0.3) is 27.5 Å². The molecule has 6 rings (SSSR count). The zero-order valence-electron chi connectivity index (χ0n) is 17.9. The fourth-order valence-electron chi connectivity index (χ4n) is 5.71. The van der Waals surface area contributed by atoms with Crippen molar-refractivity contribution < 1.29 is 13.9 Å². The number of aromatic nitrogens is 3. The van der Waals surface area contributed by atoms with Crippen LogP contribution in [0.4, 0.5) is 4.39 Å². The Morgan fingerprint density at radius 1 is 1.06 bits per heavy atom. The topological polar surface area (TPSA) is 59.9 Å². The number of ketones is 1. The van der Waals surface area contributed by atoms with Gasteiger partial charge < -0.3 is 9.30 Å². The molecule has 2 aliphatic rings. The lowest BCUT2D eigenvalue weighted by Gasteiger charge is -2.29. The summed E-state index contributed by atoms with van der Waals surface area (Å²) in [6.07, 6.45) is 6.98. The molecule has 6 heteroatoms. The van der Waals surface area contributed by atoms with Gasteiger partial charge in [0.2, 0.25) is 0 Å². The lowest BCUT2D eigenvalue weighted by Crippen LogP contribution is -2.20. The van der Waals surface area contributed by atoms with Crippen LogP contribution < -0.4 is 0 Å². The number of nitrogens with one attached hydrogen (secondary N) is 1. The maximum Gasteiger partial charge on any atom is 0.133 e. The fraction of sp³-hybridized carbons (Fsp3) is 0.385. The number of benzene rings is 2. The van der Waals surface area contributed by atoms with Crippen LogP contribution in [-0.4, -0.2) is 33.8 Å². The highest BCUT2D eigenvalue weighted by atomic mass is 19.1. The second-order valence-corrected chi connectivity index (χ2v) is 9.16. The standard InChI is InChI=1S/C26H26FN3O2/c27-19-4-6-20(7-5-19)30-24-13-18-15-28-29-23(18)14-22(24)25(17-2-1-3-21(31)12-17)26(30)16-8-10-32-11-9-16/h4-7,13-17H,1-3,8-12H2,(H,28,29). The third-order valence-corrected chi connectivity index (χ3v) is 7.19. The Morgan fingerprint density at radius 2 is 1.88 bits per heavy atom. The Morgan fingerprint density at radius 3 is 2.66 bits per heavy atom. The number of rotatable bonds is 3. The van der Waals surface area contributed by atoms with Crippen LogP contribution in [0.3, 0.4) is 0 Å². The van der Waals surface area contributed by atoms with E-state index in [4.69, 9.17) is 4.74 Å². The van der Waals surface area contributed by atoms with E-state index in [9.17, 15) is 9.18 Å². The molecular formula is C26H26FN3O2. The number of H-pyrrole nitrogens is 1. The Bertz CT molecular complexity index is 1300. The fourth-order valence-corrected chi connectivity index (χ4v) is 5.71. The number of Topliss-reactive ketones (excluding diaryl/α,β-unsaturated/α-hetero) is 1. The minimum Gasteiger partial charge on any atom is -0.381 e. The summed E-state index contributed by atoms with van der Waals surface area (Å²) in [5, 5.41) is 9.56. The molecule has 4 aromatic rings. The molecule has 1 unspecified atom stereocenters. The molecule has 0 spiro atoms. The number of hydrogen-bond acceptors (Lipinski definition) is 3. The van der Waals surface area contributed by atoms with E-state index in [1.807, 2.05) is 18.3 Å². The first kappa shape index (κ1) is 19.7. The van der Waals surface area contributed by atoms with Crippen molar-refractivity contribution in [1.82, 2.24) is 14.8 Å². The number of hydrogen-bond donors (Lipinski definition) is 1. The summed E-state index contributed by atoms with van der Waals surface area (Å²) >= 11 is 0. The summed E-state index contributed by atoms with van der Waals surface area (Å²) in [7, 11) is 0. The van der Waals surface area contributed by atoms with Crippen LogP contribution in [0.5, 0.6) is 0 Å². The number of nitrogens with zero attached hydrogens (tertiary/aromatic N) is 2. The molecule has 1 aliphatic heterocycles. The van der Waals surface area contributed by atoms with E-state index in [1.165, 1.54) is 28.8 Å². The highest BCUT2D eigenvalue weighted by Crippen LogP contribution is 2.46. The average molecular weight is 432 g/mol. The van der Waals surface area contributed by atoms with E-state index >= 15 is 0 Å². The molecule has 32 heavy (non-hydrogen) atoms.